The number of benzene rings is 3. The molecule has 0 spiro atoms. The fourth-order valence-corrected chi connectivity index (χ4v) is 5.43. The Morgan fingerprint density at radius 1 is 1.02 bits per heavy atom. The Labute approximate surface area is 291 Å². The minimum absolute atomic E-state index is 0.00764. The predicted octanol–water partition coefficient (Wildman–Crippen LogP) is 5.28. The lowest BCUT2D eigenvalue weighted by molar-refractivity contribution is -0.384. The lowest BCUT2D eigenvalue weighted by Gasteiger charge is -2.24. The van der Waals surface area contributed by atoms with Gasteiger partial charge in [0.2, 0.25) is 11.8 Å². The van der Waals surface area contributed by atoms with Gasteiger partial charge in [-0.25, -0.2) is 9.78 Å². The third kappa shape index (κ3) is 13.0. The average Bonchev–Trinajstić information content (AvgIpc) is 3.52. The highest BCUT2D eigenvalue weighted by atomic mass is 32.2. The van der Waals surface area contributed by atoms with Crippen LogP contribution in [0.1, 0.15) is 49.9 Å². The van der Waals surface area contributed by atoms with Crippen LogP contribution in [0.25, 0.3) is 10.8 Å². The normalized spacial score (nSPS) is 11.4. The van der Waals surface area contributed by atoms with E-state index in [9.17, 15) is 29.6 Å². The Hall–Kier alpha value is -4.75. The zero-order valence-corrected chi connectivity index (χ0v) is 29.2. The van der Waals surface area contributed by atoms with Gasteiger partial charge in [-0.1, -0.05) is 81.3 Å². The molecule has 0 fully saturated rings. The number of amides is 2. The monoisotopic (exact) mass is 690 g/mol. The number of hydrogen-bond donors (Lipinski definition) is 3. The number of non-ortho nitro benzene ring substituents is 1. The molecule has 1 atom stereocenters. The van der Waals surface area contributed by atoms with E-state index in [1.165, 1.54) is 36.7 Å². The molecule has 0 aliphatic rings. The molecule has 4 aromatic rings. The largest absolute Gasteiger partial charge is 0.480 e. The summed E-state index contributed by atoms with van der Waals surface area (Å²) in [4.78, 5) is 54.1. The summed E-state index contributed by atoms with van der Waals surface area (Å²) in [5.74, 6) is -1.09. The number of nitrogens with one attached hydrogen (secondary N) is 2. The van der Waals surface area contributed by atoms with Gasteiger partial charge in [0.25, 0.3) is 5.69 Å². The Bertz CT molecular complexity index is 1650. The molecule has 262 valence electrons. The second-order valence-electron chi connectivity index (χ2n) is 11.6. The molecule has 3 N–H and O–H groups in total. The first kappa shape index (κ1) is 38.7. The molecule has 0 saturated carbocycles. The Kier molecular flexibility index (Phi) is 16.3. The van der Waals surface area contributed by atoms with E-state index in [4.69, 9.17) is 0 Å². The number of nitrogens with zero attached hydrogens (tertiary/aromatic N) is 4. The number of imidazole rings is 1. The topological polar surface area (TPSA) is 160 Å². The van der Waals surface area contributed by atoms with Crippen LogP contribution >= 0.6 is 11.8 Å². The quantitative estimate of drug-likeness (QED) is 0.0932. The molecule has 0 unspecified atom stereocenters. The van der Waals surface area contributed by atoms with Crippen LogP contribution in [-0.4, -0.2) is 79.9 Å². The summed E-state index contributed by atoms with van der Waals surface area (Å²) < 4.78 is 1.81. The van der Waals surface area contributed by atoms with Crippen LogP contribution in [0.3, 0.4) is 0 Å². The van der Waals surface area contributed by atoms with Crippen molar-refractivity contribution in [3.05, 3.63) is 106 Å². The minimum Gasteiger partial charge on any atom is -0.480 e. The predicted molar refractivity (Wildman–Crippen MR) is 194 cm³/mol. The molecular weight excluding hydrogens is 644 g/mol. The van der Waals surface area contributed by atoms with Crippen molar-refractivity contribution in [2.75, 3.05) is 31.6 Å². The lowest BCUT2D eigenvalue weighted by Crippen LogP contribution is -2.47. The molecule has 0 radical (unpaired) electrons. The Balaban J connectivity index is 0.00000154. The number of unbranched alkanes of at least 4 members (excludes halogenated alkanes) is 1. The van der Waals surface area contributed by atoms with Crippen LogP contribution in [0.5, 0.6) is 0 Å². The summed E-state index contributed by atoms with van der Waals surface area (Å²) in [6, 6.07) is 19.2. The van der Waals surface area contributed by atoms with E-state index in [0.717, 1.165) is 21.9 Å². The second kappa shape index (κ2) is 20.6. The van der Waals surface area contributed by atoms with Crippen LogP contribution in [-0.2, 0) is 33.9 Å². The molecule has 0 aliphatic carbocycles. The molecule has 0 aliphatic heterocycles. The molecule has 2 amide bonds. The van der Waals surface area contributed by atoms with E-state index in [-0.39, 0.29) is 31.1 Å². The number of aromatic nitrogens is 2. The third-order valence-corrected chi connectivity index (χ3v) is 8.42. The van der Waals surface area contributed by atoms with Crippen molar-refractivity contribution in [1.82, 2.24) is 25.1 Å². The van der Waals surface area contributed by atoms with Gasteiger partial charge in [0.1, 0.15) is 6.04 Å². The van der Waals surface area contributed by atoms with Crippen molar-refractivity contribution < 1.29 is 24.4 Å². The van der Waals surface area contributed by atoms with Crippen molar-refractivity contribution in [2.24, 2.45) is 0 Å². The average molecular weight is 691 g/mol. The minimum atomic E-state index is -1.07. The smallest absolute Gasteiger partial charge is 0.326 e. The van der Waals surface area contributed by atoms with Crippen molar-refractivity contribution in [3.63, 3.8) is 0 Å². The second-order valence-corrected chi connectivity index (χ2v) is 12.5. The van der Waals surface area contributed by atoms with Crippen LogP contribution in [0, 0.1) is 10.1 Å². The maximum Gasteiger partial charge on any atom is 0.326 e. The molecule has 1 heterocycles. The van der Waals surface area contributed by atoms with E-state index < -0.39 is 22.8 Å². The number of nitro benzene ring substituents is 1. The van der Waals surface area contributed by atoms with Crippen LogP contribution in [0.4, 0.5) is 5.69 Å². The summed E-state index contributed by atoms with van der Waals surface area (Å²) in [6.45, 7) is 5.78. The summed E-state index contributed by atoms with van der Waals surface area (Å²) >= 11 is 1.52. The molecule has 13 heteroatoms. The number of carbonyl (C=O) groups excluding carboxylic acids is 2. The van der Waals surface area contributed by atoms with E-state index in [1.807, 2.05) is 58.2 Å². The molecular formula is C36H46N6O6S. The molecule has 49 heavy (non-hydrogen) atoms. The maximum atomic E-state index is 13.0. The summed E-state index contributed by atoms with van der Waals surface area (Å²) in [7, 11) is 0. The number of thioether (sulfide) groups is 1. The number of carbonyl (C=O) groups is 3. The Morgan fingerprint density at radius 2 is 1.73 bits per heavy atom. The van der Waals surface area contributed by atoms with Gasteiger partial charge in [-0.3, -0.25) is 24.6 Å². The standard InChI is InChI=1S/C32H36N6O6S.C4H10/c1-45-16-13-29(32(41)42)35-31(40)21-36(20-25-7-4-6-24-5-2-3-8-28(24)25)15-14-34-30(39)17-27-18-33-22-37(27)19-23-9-11-26(12-10-23)38(43)44;1-3-4-2/h2-12,18,22,29H,13-17,19-21H2,1H3,(H,34,39)(H,35,40)(H,41,42);3-4H2,1-2H3/t29-;/m0./s1. The van der Waals surface area contributed by atoms with Crippen molar-refractivity contribution in [1.29, 1.82) is 0 Å². The molecule has 0 saturated heterocycles. The first-order chi connectivity index (χ1) is 23.6. The lowest BCUT2D eigenvalue weighted by atomic mass is 10.0. The fourth-order valence-electron chi connectivity index (χ4n) is 4.96. The van der Waals surface area contributed by atoms with E-state index >= 15 is 0 Å². The van der Waals surface area contributed by atoms with Gasteiger partial charge < -0.3 is 20.3 Å². The zero-order chi connectivity index (χ0) is 35.6. The van der Waals surface area contributed by atoms with E-state index in [2.05, 4.69) is 29.5 Å². The van der Waals surface area contributed by atoms with Gasteiger partial charge in [-0.2, -0.15) is 11.8 Å². The van der Waals surface area contributed by atoms with Crippen molar-refractivity contribution in [2.45, 2.75) is 58.7 Å². The van der Waals surface area contributed by atoms with Gasteiger partial charge in [0, 0.05) is 50.2 Å². The molecule has 4 rings (SSSR count). The highest BCUT2D eigenvalue weighted by Crippen LogP contribution is 2.20. The van der Waals surface area contributed by atoms with Gasteiger partial charge >= 0.3 is 5.97 Å². The number of rotatable bonds is 18. The van der Waals surface area contributed by atoms with Crippen LogP contribution < -0.4 is 10.6 Å². The molecule has 0 bridgehead atoms. The van der Waals surface area contributed by atoms with E-state index in [0.29, 0.717) is 37.5 Å². The summed E-state index contributed by atoms with van der Waals surface area (Å²) in [6.07, 6.45) is 8.14. The molecule has 3 aromatic carbocycles. The van der Waals surface area contributed by atoms with Gasteiger partial charge in [0.15, 0.2) is 0 Å². The number of carboxylic acids is 1. The highest BCUT2D eigenvalue weighted by molar-refractivity contribution is 7.98. The number of aliphatic carboxylic acids is 1. The van der Waals surface area contributed by atoms with E-state index in [1.54, 1.807) is 24.7 Å². The van der Waals surface area contributed by atoms with Gasteiger partial charge in [0.05, 0.1) is 24.2 Å². The fraction of sp³-hybridized carbons (Fsp3) is 0.389. The summed E-state index contributed by atoms with van der Waals surface area (Å²) in [5.41, 5.74) is 2.54. The van der Waals surface area contributed by atoms with Crippen molar-refractivity contribution >= 4 is 46.0 Å². The van der Waals surface area contributed by atoms with Crippen LogP contribution in [0.15, 0.2) is 79.3 Å². The first-order valence-electron chi connectivity index (χ1n) is 16.3. The SMILES string of the molecule is CCCC.CSCC[C@H](NC(=O)CN(CCNC(=O)Cc1cncn1Cc1ccc([N+](=O)[O-])cc1)Cc1cccc2ccccc12)C(=O)O. The first-order valence-corrected chi connectivity index (χ1v) is 17.7. The van der Waals surface area contributed by atoms with Crippen molar-refractivity contribution in [3.8, 4) is 0 Å². The Morgan fingerprint density at radius 3 is 2.41 bits per heavy atom. The van der Waals surface area contributed by atoms with Gasteiger partial charge in [-0.15, -0.1) is 0 Å². The third-order valence-electron chi connectivity index (χ3n) is 7.78. The number of hydrogen-bond acceptors (Lipinski definition) is 8. The molecule has 1 aromatic heterocycles. The number of carboxylic acid groups (broad SMARTS) is 1. The number of fused-ring (bicyclic) bond motifs is 1. The van der Waals surface area contributed by atoms with Crippen LogP contribution in [0.2, 0.25) is 0 Å². The summed E-state index contributed by atoms with van der Waals surface area (Å²) in [5, 5.41) is 28.2. The zero-order valence-electron chi connectivity index (χ0n) is 28.3. The van der Waals surface area contributed by atoms with Gasteiger partial charge in [-0.05, 0) is 40.3 Å². The highest BCUT2D eigenvalue weighted by Gasteiger charge is 2.21. The molecule has 12 nitrogen and oxygen atoms in total. The maximum absolute atomic E-state index is 13.0. The number of nitro groups is 1.